The zero-order chi connectivity index (χ0) is 24.2. The zero-order valence-corrected chi connectivity index (χ0v) is 21.9. The molecule has 0 amide bonds. The van der Waals surface area contributed by atoms with Crippen molar-refractivity contribution in [2.45, 2.75) is 98.1 Å². The maximum Gasteiger partial charge on any atom is 0.173 e. The third kappa shape index (κ3) is 6.86. The number of nitrogens with one attached hydrogen (secondary N) is 1. The molecule has 6 nitrogen and oxygen atoms in total. The van der Waals surface area contributed by atoms with Gasteiger partial charge < -0.3 is 11.1 Å². The molecule has 1 saturated carbocycles. The van der Waals surface area contributed by atoms with Crippen LogP contribution in [-0.4, -0.2) is 33.3 Å². The third-order valence-corrected chi connectivity index (χ3v) is 7.06. The summed E-state index contributed by atoms with van der Waals surface area (Å²) in [7, 11) is 0. The molecule has 1 heterocycles. The number of nitrogens with zero attached hydrogens (tertiary/aromatic N) is 4. The molecule has 1 aliphatic carbocycles. The summed E-state index contributed by atoms with van der Waals surface area (Å²) in [6, 6.07) is 8.93. The van der Waals surface area contributed by atoms with Gasteiger partial charge in [-0.1, -0.05) is 65.3 Å². The predicted octanol–water partition coefficient (Wildman–Crippen LogP) is 5.41. The van der Waals surface area contributed by atoms with Gasteiger partial charge in [-0.3, -0.25) is 0 Å². The lowest BCUT2D eigenvalue weighted by atomic mass is 9.81. The van der Waals surface area contributed by atoms with Gasteiger partial charge in [-0.05, 0) is 97.3 Å². The Hall–Kier alpha value is -1.79. The van der Waals surface area contributed by atoms with Crippen LogP contribution in [0.25, 0.3) is 0 Å². The lowest BCUT2D eigenvalue weighted by molar-refractivity contribution is 0.187. The molecule has 3 atom stereocenters. The van der Waals surface area contributed by atoms with Gasteiger partial charge in [0, 0.05) is 0 Å². The van der Waals surface area contributed by atoms with E-state index in [0.717, 1.165) is 25.3 Å². The van der Waals surface area contributed by atoms with Crippen LogP contribution in [0.2, 0.25) is 0 Å². The van der Waals surface area contributed by atoms with Crippen molar-refractivity contribution in [2.75, 3.05) is 13.1 Å². The van der Waals surface area contributed by atoms with Gasteiger partial charge in [0.25, 0.3) is 0 Å². The quantitative estimate of drug-likeness (QED) is 0.529. The minimum absolute atomic E-state index is 0.0429. The third-order valence-electron chi connectivity index (χ3n) is 7.06. The molecule has 1 aromatic heterocycles. The van der Waals surface area contributed by atoms with Crippen molar-refractivity contribution in [3.63, 3.8) is 0 Å². The number of hydrogen-bond donors (Lipinski definition) is 2. The summed E-state index contributed by atoms with van der Waals surface area (Å²) in [6.07, 6.45) is 6.01. The van der Waals surface area contributed by atoms with Crippen molar-refractivity contribution in [1.29, 1.82) is 0 Å². The van der Waals surface area contributed by atoms with Gasteiger partial charge in [-0.25, -0.2) is 4.68 Å². The van der Waals surface area contributed by atoms with Crippen molar-refractivity contribution in [3.05, 3.63) is 41.2 Å². The van der Waals surface area contributed by atoms with Crippen LogP contribution < -0.4 is 11.1 Å². The van der Waals surface area contributed by atoms with Gasteiger partial charge in [-0.2, -0.15) is 0 Å². The monoisotopic (exact) mass is 454 g/mol. The van der Waals surface area contributed by atoms with Gasteiger partial charge >= 0.3 is 0 Å². The normalized spacial score (nSPS) is 20.9. The Bertz CT molecular complexity index is 861. The number of aromatic nitrogens is 4. The van der Waals surface area contributed by atoms with Crippen molar-refractivity contribution >= 4 is 0 Å². The maximum absolute atomic E-state index is 6.00. The number of nitrogens with two attached hydrogens (primary N) is 1. The highest BCUT2D eigenvalue weighted by Gasteiger charge is 2.34. The summed E-state index contributed by atoms with van der Waals surface area (Å²) < 4.78 is 2.05. The van der Waals surface area contributed by atoms with E-state index in [2.05, 4.69) is 98.3 Å². The van der Waals surface area contributed by atoms with Crippen LogP contribution in [0.1, 0.15) is 109 Å². The summed E-state index contributed by atoms with van der Waals surface area (Å²) in [5.41, 5.74) is 8.55. The largest absolute Gasteiger partial charge is 0.330 e. The second kappa shape index (κ2) is 10.6. The highest BCUT2D eigenvalue weighted by Crippen LogP contribution is 2.35. The maximum atomic E-state index is 6.00. The fourth-order valence-electron chi connectivity index (χ4n) is 5.70. The molecule has 33 heavy (non-hydrogen) atoms. The van der Waals surface area contributed by atoms with E-state index in [4.69, 9.17) is 5.73 Å². The van der Waals surface area contributed by atoms with Crippen LogP contribution in [0, 0.1) is 17.3 Å². The average molecular weight is 455 g/mol. The fourth-order valence-corrected chi connectivity index (χ4v) is 5.70. The van der Waals surface area contributed by atoms with E-state index in [1.807, 2.05) is 0 Å². The molecular formula is C27H46N6. The fraction of sp³-hybridized carbons (Fsp3) is 0.741. The standard InChI is InChI=1S/C27H46N6/c1-19(2)22-11-13-23(14-12-22)24(29-17-21-10-8-9-20(15-21)16-28)25-30-31-32-33(25)27(6,7)18-26(3,4)5/h11-14,19-21,24,29H,8-10,15-18,28H2,1-7H3. The first-order chi connectivity index (χ1) is 15.5. The molecule has 184 valence electrons. The van der Waals surface area contributed by atoms with E-state index in [0.29, 0.717) is 17.8 Å². The number of benzene rings is 1. The minimum Gasteiger partial charge on any atom is -0.330 e. The Labute approximate surface area is 201 Å². The molecule has 0 aliphatic heterocycles. The first kappa shape index (κ1) is 25.8. The molecule has 2 aromatic rings. The molecule has 3 unspecified atom stereocenters. The van der Waals surface area contributed by atoms with Crippen molar-refractivity contribution in [3.8, 4) is 0 Å². The molecule has 0 radical (unpaired) electrons. The van der Waals surface area contributed by atoms with Gasteiger partial charge in [0.2, 0.25) is 0 Å². The first-order valence-corrected chi connectivity index (χ1v) is 12.8. The van der Waals surface area contributed by atoms with E-state index in [1.54, 1.807) is 0 Å². The van der Waals surface area contributed by atoms with Crippen LogP contribution >= 0.6 is 0 Å². The predicted molar refractivity (Wildman–Crippen MR) is 136 cm³/mol. The number of tetrazole rings is 1. The molecular weight excluding hydrogens is 408 g/mol. The highest BCUT2D eigenvalue weighted by atomic mass is 15.6. The summed E-state index contributed by atoms with van der Waals surface area (Å²) in [5, 5.41) is 17.1. The van der Waals surface area contributed by atoms with Crippen LogP contribution in [0.3, 0.4) is 0 Å². The Kier molecular flexibility index (Phi) is 8.33. The molecule has 1 aliphatic rings. The molecule has 0 spiro atoms. The lowest BCUT2D eigenvalue weighted by Crippen LogP contribution is -2.38. The van der Waals surface area contributed by atoms with Crippen molar-refractivity contribution < 1.29 is 0 Å². The van der Waals surface area contributed by atoms with Gasteiger partial charge in [0.1, 0.15) is 0 Å². The molecule has 1 fully saturated rings. The number of rotatable bonds is 9. The molecule has 3 N–H and O–H groups in total. The van der Waals surface area contributed by atoms with Crippen LogP contribution in [-0.2, 0) is 5.54 Å². The highest BCUT2D eigenvalue weighted by molar-refractivity contribution is 5.30. The SMILES string of the molecule is CC(C)c1ccc(C(NCC2CCCC(CN)C2)c2nnnn2C(C)(C)CC(C)(C)C)cc1. The first-order valence-electron chi connectivity index (χ1n) is 12.8. The molecule has 6 heteroatoms. The Morgan fingerprint density at radius 2 is 1.67 bits per heavy atom. The second-order valence-corrected chi connectivity index (χ2v) is 12.3. The van der Waals surface area contributed by atoms with Crippen molar-refractivity contribution in [2.24, 2.45) is 23.0 Å². The van der Waals surface area contributed by atoms with E-state index in [1.165, 1.54) is 36.8 Å². The van der Waals surface area contributed by atoms with Crippen LogP contribution in [0.4, 0.5) is 0 Å². The van der Waals surface area contributed by atoms with Gasteiger partial charge in [0.15, 0.2) is 5.82 Å². The Morgan fingerprint density at radius 3 is 2.27 bits per heavy atom. The van der Waals surface area contributed by atoms with E-state index < -0.39 is 0 Å². The van der Waals surface area contributed by atoms with Gasteiger partial charge in [-0.15, -0.1) is 5.10 Å². The number of hydrogen-bond acceptors (Lipinski definition) is 5. The summed E-state index contributed by atoms with van der Waals surface area (Å²) in [6.45, 7) is 17.5. The summed E-state index contributed by atoms with van der Waals surface area (Å²) in [4.78, 5) is 0. The Balaban J connectivity index is 1.90. The topological polar surface area (TPSA) is 81.7 Å². The zero-order valence-electron chi connectivity index (χ0n) is 21.9. The van der Waals surface area contributed by atoms with Gasteiger partial charge in [0.05, 0.1) is 11.6 Å². The lowest BCUT2D eigenvalue weighted by Gasteiger charge is -2.34. The van der Waals surface area contributed by atoms with E-state index in [-0.39, 0.29) is 17.0 Å². The average Bonchev–Trinajstić information content (AvgIpc) is 3.23. The minimum atomic E-state index is -0.190. The molecule has 0 saturated heterocycles. The molecule has 3 rings (SSSR count). The summed E-state index contributed by atoms with van der Waals surface area (Å²) >= 11 is 0. The second-order valence-electron chi connectivity index (χ2n) is 12.3. The summed E-state index contributed by atoms with van der Waals surface area (Å²) in [5.74, 6) is 2.71. The van der Waals surface area contributed by atoms with Crippen LogP contribution in [0.5, 0.6) is 0 Å². The smallest absolute Gasteiger partial charge is 0.173 e. The van der Waals surface area contributed by atoms with E-state index >= 15 is 0 Å². The Morgan fingerprint density at radius 1 is 1.03 bits per heavy atom. The molecule has 0 bridgehead atoms. The molecule has 1 aromatic carbocycles. The van der Waals surface area contributed by atoms with Crippen LogP contribution in [0.15, 0.2) is 24.3 Å². The van der Waals surface area contributed by atoms with Crippen molar-refractivity contribution in [1.82, 2.24) is 25.5 Å². The van der Waals surface area contributed by atoms with E-state index in [9.17, 15) is 0 Å².